The normalized spacial score (nSPS) is 15.0. The second kappa shape index (κ2) is 14.5. The van der Waals surface area contributed by atoms with Crippen LogP contribution in [0.2, 0.25) is 0 Å². The molecule has 2 heterocycles. The van der Waals surface area contributed by atoms with Crippen LogP contribution in [0.5, 0.6) is 5.75 Å². The molecule has 2 aliphatic heterocycles. The average molecular weight is 660 g/mol. The molecular formula is C40H45N5O4. The minimum absolute atomic E-state index is 0.110. The minimum Gasteiger partial charge on any atom is -0.495 e. The predicted octanol–water partition coefficient (Wildman–Crippen LogP) is 6.17. The standard InChI is InChI=1S/C40H45N5O4/c1-27-11-14-31(29(3)23-27)32-9-6-7-10-33(32)39(47)41-34-15-13-30(25-37(34)49-5)40(48)45-18-8-17-44(36-24-28(2)12-16-35(36)45)26-38(46)43-21-19-42(4)20-22-43/h6-7,9-16,23-25H,8,17-22,26H2,1-5H3,(H,41,47). The number of anilines is 3. The first kappa shape index (κ1) is 33.7. The molecule has 49 heavy (non-hydrogen) atoms. The highest BCUT2D eigenvalue weighted by atomic mass is 16.5. The maximum Gasteiger partial charge on any atom is 0.258 e. The van der Waals surface area contributed by atoms with Crippen LogP contribution < -0.4 is 19.9 Å². The van der Waals surface area contributed by atoms with Crippen LogP contribution >= 0.6 is 0 Å². The number of methoxy groups -OCH3 is 1. The highest BCUT2D eigenvalue weighted by Crippen LogP contribution is 2.36. The number of nitrogens with one attached hydrogen (secondary N) is 1. The summed E-state index contributed by atoms with van der Waals surface area (Å²) in [7, 11) is 3.61. The Hall–Kier alpha value is -5.15. The Morgan fingerprint density at radius 1 is 0.755 bits per heavy atom. The third-order valence-electron chi connectivity index (χ3n) is 9.54. The van der Waals surface area contributed by atoms with E-state index in [2.05, 4.69) is 41.2 Å². The van der Waals surface area contributed by atoms with Gasteiger partial charge in [0.05, 0.1) is 30.7 Å². The lowest BCUT2D eigenvalue weighted by Gasteiger charge is -2.34. The fourth-order valence-corrected chi connectivity index (χ4v) is 6.77. The van der Waals surface area contributed by atoms with Crippen LogP contribution in [0.4, 0.5) is 17.1 Å². The Morgan fingerprint density at radius 2 is 1.49 bits per heavy atom. The van der Waals surface area contributed by atoms with Gasteiger partial charge in [0, 0.05) is 50.4 Å². The van der Waals surface area contributed by atoms with E-state index in [1.807, 2.05) is 67.3 Å². The number of nitrogens with zero attached hydrogens (tertiary/aromatic N) is 4. The van der Waals surface area contributed by atoms with Gasteiger partial charge in [0.25, 0.3) is 11.8 Å². The summed E-state index contributed by atoms with van der Waals surface area (Å²) in [4.78, 5) is 49.3. The number of rotatable bonds is 7. The van der Waals surface area contributed by atoms with Gasteiger partial charge in [0.15, 0.2) is 0 Å². The number of benzene rings is 4. The van der Waals surface area contributed by atoms with Crippen molar-refractivity contribution in [3.8, 4) is 16.9 Å². The number of piperazine rings is 1. The van der Waals surface area contributed by atoms with Crippen molar-refractivity contribution < 1.29 is 19.1 Å². The molecule has 0 unspecified atom stereocenters. The van der Waals surface area contributed by atoms with Gasteiger partial charge in [-0.15, -0.1) is 0 Å². The molecule has 9 heteroatoms. The van der Waals surface area contributed by atoms with E-state index in [0.717, 1.165) is 65.4 Å². The molecule has 254 valence electrons. The van der Waals surface area contributed by atoms with Gasteiger partial charge in [0.1, 0.15) is 5.75 Å². The number of hydrogen-bond donors (Lipinski definition) is 1. The molecule has 0 aromatic heterocycles. The predicted molar refractivity (Wildman–Crippen MR) is 196 cm³/mol. The molecule has 0 radical (unpaired) electrons. The van der Waals surface area contributed by atoms with Crippen LogP contribution in [-0.4, -0.2) is 87.5 Å². The fraction of sp³-hybridized carbons (Fsp3) is 0.325. The second-order valence-corrected chi connectivity index (χ2v) is 13.1. The molecular weight excluding hydrogens is 614 g/mol. The molecule has 1 fully saturated rings. The van der Waals surface area contributed by atoms with Gasteiger partial charge < -0.3 is 29.7 Å². The number of ether oxygens (including phenoxy) is 1. The van der Waals surface area contributed by atoms with Crippen LogP contribution in [0, 0.1) is 20.8 Å². The molecule has 0 atom stereocenters. The average Bonchev–Trinajstić information content (AvgIpc) is 3.27. The maximum atomic E-state index is 14.2. The smallest absolute Gasteiger partial charge is 0.258 e. The number of carbonyl (C=O) groups excluding carboxylic acids is 3. The second-order valence-electron chi connectivity index (χ2n) is 13.1. The Labute approximate surface area is 289 Å². The van der Waals surface area contributed by atoms with Crippen LogP contribution in [0.3, 0.4) is 0 Å². The Bertz CT molecular complexity index is 1880. The van der Waals surface area contributed by atoms with E-state index >= 15 is 0 Å². The Balaban J connectivity index is 1.23. The van der Waals surface area contributed by atoms with Crippen LogP contribution in [-0.2, 0) is 4.79 Å². The van der Waals surface area contributed by atoms with Crippen molar-refractivity contribution in [1.82, 2.24) is 9.80 Å². The van der Waals surface area contributed by atoms with Gasteiger partial charge in [-0.25, -0.2) is 0 Å². The quantitative estimate of drug-likeness (QED) is 0.256. The number of likely N-dealkylation sites (N-methyl/N-ethyl adjacent to an activating group) is 1. The third-order valence-corrected chi connectivity index (χ3v) is 9.54. The van der Waals surface area contributed by atoms with Gasteiger partial charge in [-0.2, -0.15) is 0 Å². The molecule has 3 amide bonds. The van der Waals surface area contributed by atoms with E-state index in [0.29, 0.717) is 42.1 Å². The maximum absolute atomic E-state index is 14.2. The summed E-state index contributed by atoms with van der Waals surface area (Å²) in [6, 6.07) is 24.9. The first-order valence-corrected chi connectivity index (χ1v) is 16.9. The molecule has 0 spiro atoms. The molecule has 9 nitrogen and oxygen atoms in total. The van der Waals surface area contributed by atoms with Gasteiger partial charge >= 0.3 is 0 Å². The number of aryl methyl sites for hydroxylation is 3. The minimum atomic E-state index is -0.268. The first-order valence-electron chi connectivity index (χ1n) is 16.9. The topological polar surface area (TPSA) is 85.4 Å². The lowest BCUT2D eigenvalue weighted by Crippen LogP contribution is -2.50. The van der Waals surface area contributed by atoms with Crippen LogP contribution in [0.15, 0.2) is 78.9 Å². The summed E-state index contributed by atoms with van der Waals surface area (Å²) in [5.41, 5.74) is 8.28. The van der Waals surface area contributed by atoms with Crippen LogP contribution in [0.1, 0.15) is 43.8 Å². The SMILES string of the molecule is COc1cc(C(=O)N2CCCN(CC(=O)N3CCN(C)CC3)c3cc(C)ccc32)ccc1NC(=O)c1ccccc1-c1ccc(C)cc1C. The highest BCUT2D eigenvalue weighted by molar-refractivity contribution is 6.11. The van der Waals surface area contributed by atoms with Gasteiger partial charge in [-0.3, -0.25) is 14.4 Å². The van der Waals surface area contributed by atoms with E-state index in [4.69, 9.17) is 4.74 Å². The molecule has 0 aliphatic carbocycles. The Morgan fingerprint density at radius 3 is 2.24 bits per heavy atom. The van der Waals surface area contributed by atoms with Crippen molar-refractivity contribution in [1.29, 1.82) is 0 Å². The summed E-state index contributed by atoms with van der Waals surface area (Å²) in [6.07, 6.45) is 0.709. The monoisotopic (exact) mass is 659 g/mol. The summed E-state index contributed by atoms with van der Waals surface area (Å²) >= 11 is 0. The van der Waals surface area contributed by atoms with Crippen molar-refractivity contribution in [2.45, 2.75) is 27.2 Å². The molecule has 2 aliphatic rings. The van der Waals surface area contributed by atoms with Crippen molar-refractivity contribution in [2.75, 3.05) is 75.1 Å². The highest BCUT2D eigenvalue weighted by Gasteiger charge is 2.29. The summed E-state index contributed by atoms with van der Waals surface area (Å²) < 4.78 is 5.70. The van der Waals surface area contributed by atoms with Crippen molar-refractivity contribution >= 4 is 34.8 Å². The first-order chi connectivity index (χ1) is 23.6. The van der Waals surface area contributed by atoms with Crippen molar-refractivity contribution in [3.05, 3.63) is 107 Å². The number of hydrogen-bond acceptors (Lipinski definition) is 6. The number of fused-ring (bicyclic) bond motifs is 1. The molecule has 0 bridgehead atoms. The largest absolute Gasteiger partial charge is 0.495 e. The molecule has 6 rings (SSSR count). The van der Waals surface area contributed by atoms with E-state index in [-0.39, 0.29) is 24.3 Å². The van der Waals surface area contributed by atoms with E-state index in [1.165, 1.54) is 7.11 Å². The van der Waals surface area contributed by atoms with E-state index in [1.54, 1.807) is 23.1 Å². The fourth-order valence-electron chi connectivity index (χ4n) is 6.77. The van der Waals surface area contributed by atoms with Gasteiger partial charge in [-0.05, 0) is 92.9 Å². The zero-order chi connectivity index (χ0) is 34.7. The van der Waals surface area contributed by atoms with E-state index in [9.17, 15) is 14.4 Å². The summed E-state index contributed by atoms with van der Waals surface area (Å²) in [5, 5.41) is 3.02. The van der Waals surface area contributed by atoms with Crippen molar-refractivity contribution in [3.63, 3.8) is 0 Å². The lowest BCUT2D eigenvalue weighted by molar-refractivity contribution is -0.131. The summed E-state index contributed by atoms with van der Waals surface area (Å²) in [5.74, 6) is 0.0607. The van der Waals surface area contributed by atoms with E-state index < -0.39 is 0 Å². The summed E-state index contributed by atoms with van der Waals surface area (Å²) in [6.45, 7) is 10.8. The zero-order valence-electron chi connectivity index (χ0n) is 29.1. The van der Waals surface area contributed by atoms with Crippen LogP contribution in [0.25, 0.3) is 11.1 Å². The van der Waals surface area contributed by atoms with Gasteiger partial charge in [-0.1, -0.05) is 48.0 Å². The molecule has 4 aromatic rings. The molecule has 0 saturated carbocycles. The molecule has 1 N–H and O–H groups in total. The number of carbonyl (C=O) groups is 3. The lowest BCUT2D eigenvalue weighted by atomic mass is 9.94. The third kappa shape index (κ3) is 7.32. The Kier molecular flexibility index (Phi) is 10.0. The van der Waals surface area contributed by atoms with Gasteiger partial charge in [0.2, 0.25) is 5.91 Å². The molecule has 1 saturated heterocycles. The molecule has 4 aromatic carbocycles. The zero-order valence-corrected chi connectivity index (χ0v) is 29.1. The number of amides is 3. The van der Waals surface area contributed by atoms with Crippen molar-refractivity contribution in [2.24, 2.45) is 0 Å².